The number of hydrogen-bond acceptors (Lipinski definition) is 3. The lowest BCUT2D eigenvalue weighted by atomic mass is 9.98. The molecule has 5 nitrogen and oxygen atoms in total. The van der Waals surface area contributed by atoms with Crippen LogP contribution in [0.4, 0.5) is 13.6 Å². The highest BCUT2D eigenvalue weighted by Gasteiger charge is 2.55. The van der Waals surface area contributed by atoms with Gasteiger partial charge in [-0.25, -0.2) is 18.4 Å². The highest BCUT2D eigenvalue weighted by Crippen LogP contribution is 2.44. The maximum atomic E-state index is 13.8. The second kappa shape index (κ2) is 6.33. The number of benzene rings is 2. The van der Waals surface area contributed by atoms with Crippen LogP contribution in [0.15, 0.2) is 48.5 Å². The van der Waals surface area contributed by atoms with Crippen LogP contribution in [0.3, 0.4) is 0 Å². The first-order valence-electron chi connectivity index (χ1n) is 8.62. The van der Waals surface area contributed by atoms with Gasteiger partial charge in [-0.05, 0) is 22.3 Å². The molecule has 140 valence electrons. The molecule has 4 rings (SSSR count). The number of rotatable bonds is 3. The van der Waals surface area contributed by atoms with Crippen LogP contribution in [0.2, 0.25) is 0 Å². The molecule has 1 amide bonds. The predicted octanol–water partition coefficient (Wildman–Crippen LogP) is 3.73. The lowest BCUT2D eigenvalue weighted by Crippen LogP contribution is -2.48. The highest BCUT2D eigenvalue weighted by molar-refractivity contribution is 5.82. The molecule has 0 aromatic heterocycles. The average Bonchev–Trinajstić information content (AvgIpc) is 3.14. The molecular weight excluding hydrogens is 356 g/mol. The number of carbonyl (C=O) groups is 2. The van der Waals surface area contributed by atoms with Crippen LogP contribution in [-0.4, -0.2) is 47.2 Å². The van der Waals surface area contributed by atoms with Crippen molar-refractivity contribution in [1.82, 2.24) is 4.90 Å². The molecule has 0 spiro atoms. The van der Waals surface area contributed by atoms with E-state index in [-0.39, 0.29) is 19.1 Å². The number of amides is 1. The fourth-order valence-electron chi connectivity index (χ4n) is 3.95. The van der Waals surface area contributed by atoms with Crippen molar-refractivity contribution in [1.29, 1.82) is 0 Å². The van der Waals surface area contributed by atoms with Gasteiger partial charge in [-0.2, -0.15) is 0 Å². The second-order valence-electron chi connectivity index (χ2n) is 6.75. The van der Waals surface area contributed by atoms with Crippen molar-refractivity contribution >= 4 is 12.1 Å². The van der Waals surface area contributed by atoms with Gasteiger partial charge >= 0.3 is 12.1 Å². The van der Waals surface area contributed by atoms with E-state index in [2.05, 4.69) is 0 Å². The Bertz CT molecular complexity index is 869. The molecule has 2 aromatic rings. The number of hydrogen-bond donors (Lipinski definition) is 1. The average molecular weight is 373 g/mol. The van der Waals surface area contributed by atoms with Crippen molar-refractivity contribution < 1.29 is 28.2 Å². The van der Waals surface area contributed by atoms with Crippen LogP contribution < -0.4 is 0 Å². The standard InChI is InChI=1S/C20H17F2NO4/c21-20(22)9-10-23(17(20)18(24)25)19(26)27-11-16-14-7-3-1-5-12(14)13-6-2-4-8-15(13)16/h1-8,16-17H,9-11H2,(H,24,25)/t17-/m1/s1. The van der Waals surface area contributed by atoms with Crippen LogP contribution in [0, 0.1) is 0 Å². The van der Waals surface area contributed by atoms with E-state index in [1.165, 1.54) is 0 Å². The smallest absolute Gasteiger partial charge is 0.410 e. The van der Waals surface area contributed by atoms with Crippen LogP contribution in [0.25, 0.3) is 11.1 Å². The molecule has 1 heterocycles. The zero-order chi connectivity index (χ0) is 19.2. The van der Waals surface area contributed by atoms with Crippen molar-refractivity contribution in [3.63, 3.8) is 0 Å². The summed E-state index contributed by atoms with van der Waals surface area (Å²) in [5, 5.41) is 9.08. The molecule has 1 aliphatic heterocycles. The summed E-state index contributed by atoms with van der Waals surface area (Å²) in [5.41, 5.74) is 4.08. The number of alkyl halides is 2. The molecule has 0 unspecified atom stereocenters. The first-order chi connectivity index (χ1) is 12.9. The Morgan fingerprint density at radius 2 is 1.63 bits per heavy atom. The van der Waals surface area contributed by atoms with Crippen LogP contribution in [-0.2, 0) is 9.53 Å². The number of nitrogens with zero attached hydrogens (tertiary/aromatic N) is 1. The second-order valence-corrected chi connectivity index (χ2v) is 6.75. The van der Waals surface area contributed by atoms with Crippen LogP contribution in [0.5, 0.6) is 0 Å². The summed E-state index contributed by atoms with van der Waals surface area (Å²) in [6.45, 7) is -0.387. The number of ether oxygens (including phenoxy) is 1. The highest BCUT2D eigenvalue weighted by atomic mass is 19.3. The zero-order valence-corrected chi connectivity index (χ0v) is 14.3. The van der Waals surface area contributed by atoms with Gasteiger partial charge in [-0.3, -0.25) is 4.90 Å². The van der Waals surface area contributed by atoms with Crippen molar-refractivity contribution in [2.75, 3.05) is 13.2 Å². The minimum atomic E-state index is -3.46. The summed E-state index contributed by atoms with van der Waals surface area (Å²) in [6, 6.07) is 13.3. The Kier molecular flexibility index (Phi) is 4.09. The summed E-state index contributed by atoms with van der Waals surface area (Å²) < 4.78 is 32.8. The zero-order valence-electron chi connectivity index (χ0n) is 14.3. The maximum absolute atomic E-state index is 13.8. The lowest BCUT2D eigenvalue weighted by Gasteiger charge is -2.24. The molecule has 0 bridgehead atoms. The fourth-order valence-corrected chi connectivity index (χ4v) is 3.95. The van der Waals surface area contributed by atoms with E-state index in [0.29, 0.717) is 4.90 Å². The van der Waals surface area contributed by atoms with Crippen molar-refractivity contribution in [3.8, 4) is 11.1 Å². The third kappa shape index (κ3) is 2.83. The number of carbonyl (C=O) groups excluding carboxylic acids is 1. The van der Waals surface area contributed by atoms with E-state index in [1.54, 1.807) is 0 Å². The molecule has 0 radical (unpaired) electrons. The number of halogens is 2. The van der Waals surface area contributed by atoms with Crippen molar-refractivity contribution in [2.24, 2.45) is 0 Å². The molecule has 1 N–H and O–H groups in total. The molecule has 2 aromatic carbocycles. The Morgan fingerprint density at radius 1 is 1.07 bits per heavy atom. The minimum absolute atomic E-state index is 0.0404. The topological polar surface area (TPSA) is 66.8 Å². The number of carboxylic acids is 1. The van der Waals surface area contributed by atoms with E-state index >= 15 is 0 Å². The minimum Gasteiger partial charge on any atom is -0.480 e. The third-order valence-electron chi connectivity index (χ3n) is 5.20. The molecule has 7 heteroatoms. The fraction of sp³-hybridized carbons (Fsp3) is 0.300. The van der Waals surface area contributed by atoms with Gasteiger partial charge in [0, 0.05) is 18.9 Å². The predicted molar refractivity (Wildman–Crippen MR) is 92.8 cm³/mol. The number of fused-ring (bicyclic) bond motifs is 3. The number of carboxylic acid groups (broad SMARTS) is 1. The van der Waals surface area contributed by atoms with Gasteiger partial charge in [0.1, 0.15) is 6.61 Å². The quantitative estimate of drug-likeness (QED) is 0.890. The summed E-state index contributed by atoms with van der Waals surface area (Å²) in [4.78, 5) is 24.1. The van der Waals surface area contributed by atoms with Gasteiger partial charge in [0.25, 0.3) is 5.92 Å². The third-order valence-corrected chi connectivity index (χ3v) is 5.20. The Balaban J connectivity index is 1.54. The summed E-state index contributed by atoms with van der Waals surface area (Å²) >= 11 is 0. The monoisotopic (exact) mass is 373 g/mol. The van der Waals surface area contributed by atoms with Crippen molar-refractivity contribution in [3.05, 3.63) is 59.7 Å². The van der Waals surface area contributed by atoms with E-state index in [4.69, 9.17) is 9.84 Å². The first-order valence-corrected chi connectivity index (χ1v) is 8.62. The van der Waals surface area contributed by atoms with Gasteiger partial charge in [0.2, 0.25) is 0 Å². The lowest BCUT2D eigenvalue weighted by molar-refractivity contribution is -0.151. The Labute approximate surface area is 154 Å². The molecule has 2 aliphatic rings. The largest absolute Gasteiger partial charge is 0.480 e. The van der Waals surface area contributed by atoms with Crippen molar-refractivity contribution in [2.45, 2.75) is 24.3 Å². The molecule has 0 saturated carbocycles. The molecular formula is C20H17F2NO4. The molecule has 27 heavy (non-hydrogen) atoms. The van der Waals surface area contributed by atoms with E-state index in [1.807, 2.05) is 48.5 Å². The summed E-state index contributed by atoms with van der Waals surface area (Å²) in [7, 11) is 0. The molecule has 1 atom stereocenters. The first kappa shape index (κ1) is 17.5. The van der Waals surface area contributed by atoms with Gasteiger partial charge in [0.15, 0.2) is 6.04 Å². The molecule has 1 aliphatic carbocycles. The Morgan fingerprint density at radius 3 is 2.19 bits per heavy atom. The van der Waals surface area contributed by atoms with Gasteiger partial charge < -0.3 is 9.84 Å². The van der Waals surface area contributed by atoms with Gasteiger partial charge in [-0.1, -0.05) is 48.5 Å². The van der Waals surface area contributed by atoms with E-state index < -0.39 is 30.4 Å². The van der Waals surface area contributed by atoms with Crippen LogP contribution in [0.1, 0.15) is 23.5 Å². The maximum Gasteiger partial charge on any atom is 0.410 e. The normalized spacial score (nSPS) is 20.2. The van der Waals surface area contributed by atoms with Gasteiger partial charge in [-0.15, -0.1) is 0 Å². The summed E-state index contributed by atoms with van der Waals surface area (Å²) in [5.74, 6) is -5.41. The number of aliphatic carboxylic acids is 1. The summed E-state index contributed by atoms with van der Waals surface area (Å²) in [6.07, 6.45) is -1.71. The van der Waals surface area contributed by atoms with Gasteiger partial charge in [0.05, 0.1) is 0 Å². The van der Waals surface area contributed by atoms with Crippen LogP contribution >= 0.6 is 0 Å². The van der Waals surface area contributed by atoms with E-state index in [9.17, 15) is 18.4 Å². The van der Waals surface area contributed by atoms with E-state index in [0.717, 1.165) is 22.3 Å². The SMILES string of the molecule is O=C(O)[C@H]1N(C(=O)OCC2c3ccccc3-c3ccccc32)CCC1(F)F. The molecule has 1 saturated heterocycles. The number of likely N-dealkylation sites (tertiary alicyclic amines) is 1. The molecule has 1 fully saturated rings. The Hall–Kier alpha value is -2.96.